The van der Waals surface area contributed by atoms with Crippen molar-refractivity contribution in [1.29, 1.82) is 5.26 Å². The van der Waals surface area contributed by atoms with E-state index in [4.69, 9.17) is 5.26 Å². The minimum Gasteiger partial charge on any atom is -0.367 e. The van der Waals surface area contributed by atoms with Gasteiger partial charge in [-0.15, -0.1) is 0 Å². The average Bonchev–Trinajstić information content (AvgIpc) is 2.98. The summed E-state index contributed by atoms with van der Waals surface area (Å²) in [7, 11) is 1.78. The molecule has 0 radical (unpaired) electrons. The number of likely N-dealkylation sites (N-methyl/N-ethyl adjacent to an activating group) is 1. The monoisotopic (exact) mass is 268 g/mol. The van der Waals surface area contributed by atoms with E-state index >= 15 is 0 Å². The standard InChI is InChI=1S/C15H16N4O/c1-19(9-5-12-3-7-17-11-12)15(20)13-4-8-18-14(10-13)2-6-16/h3-4,7-8,10-11,17H,2,5,9H2,1H3. The summed E-state index contributed by atoms with van der Waals surface area (Å²) in [6, 6.07) is 7.38. The van der Waals surface area contributed by atoms with Crippen LogP contribution >= 0.6 is 0 Å². The number of amides is 1. The van der Waals surface area contributed by atoms with Crippen molar-refractivity contribution in [2.45, 2.75) is 12.8 Å². The molecule has 2 rings (SSSR count). The van der Waals surface area contributed by atoms with E-state index in [1.54, 1.807) is 30.3 Å². The molecule has 5 nitrogen and oxygen atoms in total. The van der Waals surface area contributed by atoms with Gasteiger partial charge in [-0.1, -0.05) is 0 Å². The predicted octanol–water partition coefficient (Wildman–Crippen LogP) is 1.79. The summed E-state index contributed by atoms with van der Waals surface area (Å²) in [6.07, 6.45) is 6.39. The number of carbonyl (C=O) groups excluding carboxylic acids is 1. The van der Waals surface area contributed by atoms with E-state index in [-0.39, 0.29) is 12.3 Å². The molecule has 20 heavy (non-hydrogen) atoms. The van der Waals surface area contributed by atoms with E-state index in [9.17, 15) is 4.79 Å². The fourth-order valence-corrected chi connectivity index (χ4v) is 1.92. The third-order valence-corrected chi connectivity index (χ3v) is 3.07. The van der Waals surface area contributed by atoms with Crippen LogP contribution in [-0.2, 0) is 12.8 Å². The molecule has 0 aliphatic carbocycles. The van der Waals surface area contributed by atoms with Crippen LogP contribution in [0, 0.1) is 11.3 Å². The third kappa shape index (κ3) is 3.45. The molecule has 1 N–H and O–H groups in total. The van der Waals surface area contributed by atoms with Gasteiger partial charge in [-0.3, -0.25) is 9.78 Å². The van der Waals surface area contributed by atoms with Gasteiger partial charge in [0.05, 0.1) is 18.2 Å². The van der Waals surface area contributed by atoms with Gasteiger partial charge in [0, 0.05) is 37.7 Å². The molecule has 2 aromatic heterocycles. The van der Waals surface area contributed by atoms with Crippen LogP contribution < -0.4 is 0 Å². The molecule has 0 aromatic carbocycles. The number of hydrogen-bond donors (Lipinski definition) is 1. The highest BCUT2D eigenvalue weighted by Crippen LogP contribution is 2.07. The van der Waals surface area contributed by atoms with Crippen LogP contribution in [0.4, 0.5) is 0 Å². The predicted molar refractivity (Wildman–Crippen MR) is 75.0 cm³/mol. The summed E-state index contributed by atoms with van der Waals surface area (Å²) in [5.74, 6) is -0.0536. The van der Waals surface area contributed by atoms with Crippen molar-refractivity contribution >= 4 is 5.91 Å². The molecule has 0 aliphatic heterocycles. The minimum absolute atomic E-state index is 0.0536. The van der Waals surface area contributed by atoms with Crippen LogP contribution in [-0.4, -0.2) is 34.4 Å². The highest BCUT2D eigenvalue weighted by atomic mass is 16.2. The molecule has 0 saturated heterocycles. The van der Waals surface area contributed by atoms with Gasteiger partial charge < -0.3 is 9.88 Å². The van der Waals surface area contributed by atoms with Gasteiger partial charge in [0.25, 0.3) is 5.91 Å². The second-order valence-corrected chi connectivity index (χ2v) is 4.57. The Hall–Kier alpha value is -2.61. The molecule has 1 amide bonds. The summed E-state index contributed by atoms with van der Waals surface area (Å²) in [5.41, 5.74) is 2.36. The number of nitrogens with zero attached hydrogens (tertiary/aromatic N) is 3. The Kier molecular flexibility index (Phi) is 4.51. The Balaban J connectivity index is 1.99. The number of nitriles is 1. The van der Waals surface area contributed by atoms with E-state index in [0.29, 0.717) is 17.8 Å². The van der Waals surface area contributed by atoms with Crippen LogP contribution in [0.1, 0.15) is 21.6 Å². The maximum Gasteiger partial charge on any atom is 0.253 e. The molecular weight excluding hydrogens is 252 g/mol. The summed E-state index contributed by atoms with van der Waals surface area (Å²) in [5, 5.41) is 8.66. The first-order valence-electron chi connectivity index (χ1n) is 6.39. The Labute approximate surface area is 117 Å². The molecule has 0 atom stereocenters. The van der Waals surface area contributed by atoms with E-state index in [2.05, 4.69) is 9.97 Å². The summed E-state index contributed by atoms with van der Waals surface area (Å²) < 4.78 is 0. The zero-order chi connectivity index (χ0) is 14.4. The molecule has 0 unspecified atom stereocenters. The molecule has 5 heteroatoms. The molecule has 0 aliphatic rings. The average molecular weight is 268 g/mol. The number of aromatic nitrogens is 2. The molecule has 0 saturated carbocycles. The zero-order valence-electron chi connectivity index (χ0n) is 11.3. The minimum atomic E-state index is -0.0536. The molecule has 0 bridgehead atoms. The Morgan fingerprint density at radius 2 is 2.35 bits per heavy atom. The van der Waals surface area contributed by atoms with E-state index in [1.165, 1.54) is 5.56 Å². The molecule has 102 valence electrons. The van der Waals surface area contributed by atoms with Crippen LogP contribution in [0.5, 0.6) is 0 Å². The van der Waals surface area contributed by atoms with E-state index < -0.39 is 0 Å². The Morgan fingerprint density at radius 3 is 3.05 bits per heavy atom. The van der Waals surface area contributed by atoms with Gasteiger partial charge in [0.1, 0.15) is 0 Å². The number of rotatable bonds is 5. The number of pyridine rings is 1. The van der Waals surface area contributed by atoms with Crippen molar-refractivity contribution in [3.8, 4) is 6.07 Å². The number of H-pyrrole nitrogens is 1. The maximum atomic E-state index is 12.3. The second kappa shape index (κ2) is 6.53. The first-order valence-corrected chi connectivity index (χ1v) is 6.39. The molecule has 0 fully saturated rings. The lowest BCUT2D eigenvalue weighted by molar-refractivity contribution is 0.0796. The highest BCUT2D eigenvalue weighted by Gasteiger charge is 2.12. The number of carbonyl (C=O) groups is 1. The van der Waals surface area contributed by atoms with Crippen LogP contribution in [0.2, 0.25) is 0 Å². The topological polar surface area (TPSA) is 72.8 Å². The first-order chi connectivity index (χ1) is 9.70. The van der Waals surface area contributed by atoms with Crippen molar-refractivity contribution in [2.75, 3.05) is 13.6 Å². The zero-order valence-corrected chi connectivity index (χ0v) is 11.3. The molecule has 2 heterocycles. The maximum absolute atomic E-state index is 12.3. The quantitative estimate of drug-likeness (QED) is 0.898. The van der Waals surface area contributed by atoms with Crippen LogP contribution in [0.25, 0.3) is 0 Å². The van der Waals surface area contributed by atoms with Crippen molar-refractivity contribution in [1.82, 2.24) is 14.9 Å². The number of hydrogen-bond acceptors (Lipinski definition) is 3. The fraction of sp³-hybridized carbons (Fsp3) is 0.267. The van der Waals surface area contributed by atoms with Crippen molar-refractivity contribution in [3.05, 3.63) is 53.6 Å². The van der Waals surface area contributed by atoms with Crippen LogP contribution in [0.15, 0.2) is 36.8 Å². The molecule has 0 spiro atoms. The lowest BCUT2D eigenvalue weighted by Crippen LogP contribution is -2.28. The highest BCUT2D eigenvalue weighted by molar-refractivity contribution is 5.94. The van der Waals surface area contributed by atoms with Crippen molar-refractivity contribution in [3.63, 3.8) is 0 Å². The summed E-state index contributed by atoms with van der Waals surface area (Å²) >= 11 is 0. The lowest BCUT2D eigenvalue weighted by Gasteiger charge is -2.17. The molecule has 2 aromatic rings. The smallest absolute Gasteiger partial charge is 0.253 e. The van der Waals surface area contributed by atoms with Gasteiger partial charge >= 0.3 is 0 Å². The third-order valence-electron chi connectivity index (χ3n) is 3.07. The van der Waals surface area contributed by atoms with Crippen molar-refractivity contribution < 1.29 is 4.79 Å². The largest absolute Gasteiger partial charge is 0.367 e. The van der Waals surface area contributed by atoms with Crippen molar-refractivity contribution in [2.24, 2.45) is 0 Å². The Bertz CT molecular complexity index is 613. The SMILES string of the molecule is CN(CCc1cc[nH]c1)C(=O)c1ccnc(CC#N)c1. The van der Waals surface area contributed by atoms with Gasteiger partial charge in [-0.2, -0.15) is 5.26 Å². The van der Waals surface area contributed by atoms with Crippen LogP contribution in [0.3, 0.4) is 0 Å². The fourth-order valence-electron chi connectivity index (χ4n) is 1.92. The lowest BCUT2D eigenvalue weighted by atomic mass is 10.1. The normalized spacial score (nSPS) is 10.0. The number of nitrogens with one attached hydrogen (secondary N) is 1. The van der Waals surface area contributed by atoms with Gasteiger partial charge in [0.2, 0.25) is 0 Å². The van der Waals surface area contributed by atoms with Gasteiger partial charge in [0.15, 0.2) is 0 Å². The van der Waals surface area contributed by atoms with Gasteiger partial charge in [-0.25, -0.2) is 0 Å². The van der Waals surface area contributed by atoms with E-state index in [1.807, 2.05) is 24.5 Å². The summed E-state index contributed by atoms with van der Waals surface area (Å²) in [6.45, 7) is 0.645. The molecular formula is C15H16N4O. The van der Waals surface area contributed by atoms with Gasteiger partial charge in [-0.05, 0) is 30.2 Å². The number of aromatic amines is 1. The first kappa shape index (κ1) is 13.8. The second-order valence-electron chi connectivity index (χ2n) is 4.57. The van der Waals surface area contributed by atoms with E-state index in [0.717, 1.165) is 6.42 Å². The summed E-state index contributed by atoms with van der Waals surface area (Å²) in [4.78, 5) is 21.0. The Morgan fingerprint density at radius 1 is 1.50 bits per heavy atom.